The van der Waals surface area contributed by atoms with E-state index in [0.29, 0.717) is 6.42 Å². The van der Waals surface area contributed by atoms with Crippen LogP contribution in [0.15, 0.2) is 72.2 Å². The number of hydrogen-bond acceptors (Lipinski definition) is 3. The first-order chi connectivity index (χ1) is 10.8. The molecule has 0 fully saturated rings. The van der Waals surface area contributed by atoms with Crippen molar-refractivity contribution in [2.24, 2.45) is 0 Å². The van der Waals surface area contributed by atoms with Crippen molar-refractivity contribution < 1.29 is 4.79 Å². The molecule has 0 aliphatic heterocycles. The molecule has 2 heterocycles. The summed E-state index contributed by atoms with van der Waals surface area (Å²) in [5, 5.41) is 5.08. The van der Waals surface area contributed by atoms with Gasteiger partial charge in [-0.3, -0.25) is 9.78 Å². The summed E-state index contributed by atoms with van der Waals surface area (Å²) in [6.07, 6.45) is 2.14. The van der Waals surface area contributed by atoms with Crippen molar-refractivity contribution in [3.8, 4) is 0 Å². The van der Waals surface area contributed by atoms with E-state index < -0.39 is 0 Å². The van der Waals surface area contributed by atoms with E-state index in [-0.39, 0.29) is 11.9 Å². The number of benzene rings is 1. The van der Waals surface area contributed by atoms with Gasteiger partial charge in [-0.2, -0.15) is 0 Å². The van der Waals surface area contributed by atoms with Crippen LogP contribution >= 0.6 is 11.3 Å². The van der Waals surface area contributed by atoms with Crippen LogP contribution in [0.4, 0.5) is 0 Å². The Hall–Kier alpha value is -2.46. The molecule has 1 amide bonds. The molecule has 0 unspecified atom stereocenters. The molecule has 1 atom stereocenters. The van der Waals surface area contributed by atoms with Crippen molar-refractivity contribution >= 4 is 17.2 Å². The fourth-order valence-electron chi connectivity index (χ4n) is 2.30. The van der Waals surface area contributed by atoms with E-state index in [9.17, 15) is 4.79 Å². The van der Waals surface area contributed by atoms with E-state index in [2.05, 4.69) is 10.3 Å². The summed E-state index contributed by atoms with van der Waals surface area (Å²) in [5.74, 6) is 0.00181. The quantitative estimate of drug-likeness (QED) is 0.782. The molecule has 0 saturated carbocycles. The van der Waals surface area contributed by atoms with Crippen molar-refractivity contribution in [2.75, 3.05) is 0 Å². The fourth-order valence-corrected chi connectivity index (χ4v) is 3.01. The Bertz CT molecular complexity index is 672. The fraction of sp³-hybridized carbons (Fsp3) is 0.111. The maximum absolute atomic E-state index is 12.3. The highest BCUT2D eigenvalue weighted by Crippen LogP contribution is 2.20. The zero-order chi connectivity index (χ0) is 15.2. The maximum Gasteiger partial charge on any atom is 0.226 e. The number of thiophene rings is 1. The topological polar surface area (TPSA) is 42.0 Å². The predicted molar refractivity (Wildman–Crippen MR) is 88.7 cm³/mol. The molecule has 4 heteroatoms. The molecule has 22 heavy (non-hydrogen) atoms. The summed E-state index contributed by atoms with van der Waals surface area (Å²) in [7, 11) is 0. The molecule has 1 N–H and O–H groups in total. The van der Waals surface area contributed by atoms with Gasteiger partial charge in [0.15, 0.2) is 0 Å². The molecule has 110 valence electrons. The van der Waals surface area contributed by atoms with E-state index in [0.717, 1.165) is 16.1 Å². The number of pyridine rings is 1. The summed E-state index contributed by atoms with van der Waals surface area (Å²) in [6.45, 7) is 0. The van der Waals surface area contributed by atoms with E-state index in [1.165, 1.54) is 0 Å². The highest BCUT2D eigenvalue weighted by molar-refractivity contribution is 7.10. The van der Waals surface area contributed by atoms with Gasteiger partial charge in [0, 0.05) is 11.1 Å². The summed E-state index contributed by atoms with van der Waals surface area (Å²) < 4.78 is 0. The number of rotatable bonds is 5. The first-order valence-electron chi connectivity index (χ1n) is 7.10. The molecule has 3 aromatic rings. The maximum atomic E-state index is 12.3. The van der Waals surface area contributed by atoms with Gasteiger partial charge >= 0.3 is 0 Å². The van der Waals surface area contributed by atoms with Gasteiger partial charge in [-0.15, -0.1) is 11.3 Å². The molecule has 3 nitrogen and oxygen atoms in total. The summed E-state index contributed by atoms with van der Waals surface area (Å²) in [6, 6.07) is 19.4. The molecule has 0 saturated heterocycles. The molecule has 0 aliphatic carbocycles. The largest absolute Gasteiger partial charge is 0.343 e. The molecule has 0 bridgehead atoms. The van der Waals surface area contributed by atoms with Gasteiger partial charge in [0.1, 0.15) is 0 Å². The average Bonchev–Trinajstić information content (AvgIpc) is 3.07. The van der Waals surface area contributed by atoms with Crippen LogP contribution in [0.1, 0.15) is 22.2 Å². The van der Waals surface area contributed by atoms with Gasteiger partial charge in [0.05, 0.1) is 18.2 Å². The van der Waals surface area contributed by atoms with Crippen molar-refractivity contribution in [3.63, 3.8) is 0 Å². The molecular weight excluding hydrogens is 292 g/mol. The van der Waals surface area contributed by atoms with Crippen LogP contribution in [0.3, 0.4) is 0 Å². The zero-order valence-electron chi connectivity index (χ0n) is 12.0. The van der Waals surface area contributed by atoms with Crippen LogP contribution in [0.25, 0.3) is 0 Å². The second-order valence-electron chi connectivity index (χ2n) is 4.92. The van der Waals surface area contributed by atoms with Gasteiger partial charge in [0.2, 0.25) is 5.91 Å². The Morgan fingerprint density at radius 1 is 1.05 bits per heavy atom. The Morgan fingerprint density at radius 2 is 1.86 bits per heavy atom. The number of nitrogens with zero attached hydrogens (tertiary/aromatic N) is 1. The van der Waals surface area contributed by atoms with Crippen LogP contribution < -0.4 is 5.32 Å². The molecule has 3 rings (SSSR count). The molecule has 2 aromatic heterocycles. The highest BCUT2D eigenvalue weighted by atomic mass is 32.1. The van der Waals surface area contributed by atoms with Crippen molar-refractivity contribution in [3.05, 3.63) is 88.4 Å². The smallest absolute Gasteiger partial charge is 0.226 e. The monoisotopic (exact) mass is 308 g/mol. The van der Waals surface area contributed by atoms with E-state index in [1.807, 2.05) is 66.0 Å². The summed E-state index contributed by atoms with van der Waals surface area (Å²) in [4.78, 5) is 17.8. The molecule has 1 aromatic carbocycles. The van der Waals surface area contributed by atoms with E-state index >= 15 is 0 Å². The third-order valence-corrected chi connectivity index (χ3v) is 4.21. The Morgan fingerprint density at radius 3 is 2.55 bits per heavy atom. The molecule has 0 spiro atoms. The number of carbonyl (C=O) groups is 1. The lowest BCUT2D eigenvalue weighted by atomic mass is 10.0. The lowest BCUT2D eigenvalue weighted by molar-refractivity contribution is -0.120. The minimum Gasteiger partial charge on any atom is -0.343 e. The number of aromatic nitrogens is 1. The van der Waals surface area contributed by atoms with Crippen LogP contribution in [0.2, 0.25) is 0 Å². The molecular formula is C18H16N2OS. The van der Waals surface area contributed by atoms with Gasteiger partial charge in [-0.25, -0.2) is 0 Å². The van der Waals surface area contributed by atoms with E-state index in [4.69, 9.17) is 0 Å². The Kier molecular flexibility index (Phi) is 4.61. The minimum absolute atomic E-state index is 0.00181. The van der Waals surface area contributed by atoms with Gasteiger partial charge in [-0.1, -0.05) is 42.5 Å². The third kappa shape index (κ3) is 3.59. The number of nitrogens with one attached hydrogen (secondary N) is 1. The second kappa shape index (κ2) is 7.00. The normalized spacial score (nSPS) is 11.8. The molecule has 0 aliphatic rings. The van der Waals surface area contributed by atoms with Crippen molar-refractivity contribution in [2.45, 2.75) is 12.5 Å². The summed E-state index contributed by atoms with van der Waals surface area (Å²) >= 11 is 1.59. The van der Waals surface area contributed by atoms with Crippen molar-refractivity contribution in [1.29, 1.82) is 0 Å². The lowest BCUT2D eigenvalue weighted by Gasteiger charge is -2.18. The number of carbonyl (C=O) groups excluding carboxylic acids is 1. The molecule has 0 radical (unpaired) electrons. The van der Waals surface area contributed by atoms with Gasteiger partial charge in [0.25, 0.3) is 0 Å². The Labute approximate surface area is 133 Å². The first kappa shape index (κ1) is 14.5. The van der Waals surface area contributed by atoms with Crippen LogP contribution in [-0.4, -0.2) is 10.9 Å². The van der Waals surface area contributed by atoms with Gasteiger partial charge < -0.3 is 5.32 Å². The first-order valence-corrected chi connectivity index (χ1v) is 7.98. The number of amides is 1. The average molecular weight is 308 g/mol. The standard InChI is InChI=1S/C18H16N2OS/c21-17(13-15-9-6-12-22-15)20-18(14-7-2-1-3-8-14)16-10-4-5-11-19-16/h1-12,18H,13H2,(H,20,21)/t18-/m0/s1. The Balaban J connectivity index is 1.81. The SMILES string of the molecule is O=C(Cc1cccs1)N[C@@H](c1ccccc1)c1ccccn1. The van der Waals surface area contributed by atoms with Crippen molar-refractivity contribution in [1.82, 2.24) is 10.3 Å². The zero-order valence-corrected chi connectivity index (χ0v) is 12.8. The minimum atomic E-state index is -0.227. The van der Waals surface area contributed by atoms with Gasteiger partial charge in [-0.05, 0) is 29.1 Å². The van der Waals surface area contributed by atoms with Crippen LogP contribution in [0, 0.1) is 0 Å². The van der Waals surface area contributed by atoms with E-state index in [1.54, 1.807) is 17.5 Å². The highest BCUT2D eigenvalue weighted by Gasteiger charge is 2.18. The lowest BCUT2D eigenvalue weighted by Crippen LogP contribution is -2.30. The third-order valence-electron chi connectivity index (χ3n) is 3.34. The second-order valence-corrected chi connectivity index (χ2v) is 5.95. The van der Waals surface area contributed by atoms with Crippen LogP contribution in [0.5, 0.6) is 0 Å². The summed E-state index contributed by atoms with van der Waals surface area (Å²) in [5.41, 5.74) is 1.87. The van der Waals surface area contributed by atoms with Crippen LogP contribution in [-0.2, 0) is 11.2 Å². The predicted octanol–water partition coefficient (Wildman–Crippen LogP) is 3.59. The number of hydrogen-bond donors (Lipinski definition) is 1.